The van der Waals surface area contributed by atoms with E-state index >= 15 is 0 Å². The second-order valence-corrected chi connectivity index (χ2v) is 7.74. The van der Waals surface area contributed by atoms with Crippen molar-refractivity contribution in [1.82, 2.24) is 9.62 Å². The van der Waals surface area contributed by atoms with Gasteiger partial charge in [-0.2, -0.15) is 4.31 Å². The third kappa shape index (κ3) is 2.90. The molecular formula is C15H24N2O2S. The van der Waals surface area contributed by atoms with Gasteiger partial charge in [-0.05, 0) is 50.9 Å². The van der Waals surface area contributed by atoms with Crippen molar-refractivity contribution in [3.05, 3.63) is 29.8 Å². The molecule has 0 saturated carbocycles. The van der Waals surface area contributed by atoms with Crippen LogP contribution in [0.25, 0.3) is 0 Å². The van der Waals surface area contributed by atoms with Crippen LogP contribution >= 0.6 is 0 Å². The Morgan fingerprint density at radius 2 is 2.05 bits per heavy atom. The summed E-state index contributed by atoms with van der Waals surface area (Å²) in [6, 6.07) is 7.47. The Morgan fingerprint density at radius 3 is 2.60 bits per heavy atom. The van der Waals surface area contributed by atoms with E-state index < -0.39 is 10.0 Å². The fourth-order valence-corrected chi connectivity index (χ4v) is 4.66. The molecule has 0 aliphatic carbocycles. The van der Waals surface area contributed by atoms with Gasteiger partial charge in [0.2, 0.25) is 10.0 Å². The normalized spacial score (nSPS) is 25.8. The number of sulfonamides is 1. The zero-order chi connectivity index (χ0) is 14.9. The summed E-state index contributed by atoms with van der Waals surface area (Å²) < 4.78 is 27.2. The van der Waals surface area contributed by atoms with Crippen LogP contribution in [0, 0.1) is 5.92 Å². The van der Waals surface area contributed by atoms with Crippen LogP contribution in [0.2, 0.25) is 0 Å². The summed E-state index contributed by atoms with van der Waals surface area (Å²) >= 11 is 0. The molecule has 1 saturated heterocycles. The lowest BCUT2D eigenvalue weighted by molar-refractivity contribution is 0.405. The van der Waals surface area contributed by atoms with Crippen LogP contribution in [0.15, 0.2) is 29.2 Å². The van der Waals surface area contributed by atoms with Gasteiger partial charge in [-0.25, -0.2) is 8.42 Å². The number of nitrogens with one attached hydrogen (secondary N) is 1. The van der Waals surface area contributed by atoms with E-state index in [4.69, 9.17) is 0 Å². The molecule has 1 aromatic rings. The summed E-state index contributed by atoms with van der Waals surface area (Å²) in [4.78, 5) is 0.401. The number of benzene rings is 1. The first kappa shape index (κ1) is 15.5. The lowest BCUT2D eigenvalue weighted by Crippen LogP contribution is -2.34. The molecule has 1 aliphatic heterocycles. The Balaban J connectivity index is 2.35. The van der Waals surface area contributed by atoms with Crippen LogP contribution in [0.3, 0.4) is 0 Å². The van der Waals surface area contributed by atoms with Gasteiger partial charge >= 0.3 is 0 Å². The van der Waals surface area contributed by atoms with Gasteiger partial charge in [0.1, 0.15) is 0 Å². The summed E-state index contributed by atoms with van der Waals surface area (Å²) in [6.45, 7) is 6.73. The minimum absolute atomic E-state index is 0.0837. The highest BCUT2D eigenvalue weighted by Crippen LogP contribution is 2.29. The Morgan fingerprint density at radius 1 is 1.35 bits per heavy atom. The van der Waals surface area contributed by atoms with Crippen molar-refractivity contribution in [1.29, 1.82) is 0 Å². The zero-order valence-electron chi connectivity index (χ0n) is 12.6. The van der Waals surface area contributed by atoms with Gasteiger partial charge in [0.05, 0.1) is 4.90 Å². The molecule has 0 amide bonds. The van der Waals surface area contributed by atoms with E-state index in [9.17, 15) is 8.42 Å². The Labute approximate surface area is 122 Å². The predicted molar refractivity (Wildman–Crippen MR) is 81.1 cm³/mol. The quantitative estimate of drug-likeness (QED) is 0.928. The number of nitrogens with zero attached hydrogens (tertiary/aromatic N) is 1. The molecule has 1 fully saturated rings. The lowest BCUT2D eigenvalue weighted by atomic mass is 10.1. The molecule has 3 unspecified atom stereocenters. The van der Waals surface area contributed by atoms with Crippen LogP contribution in [0.4, 0.5) is 0 Å². The van der Waals surface area contributed by atoms with Crippen LogP contribution < -0.4 is 5.32 Å². The Hall–Kier alpha value is -0.910. The number of rotatable bonds is 4. The summed E-state index contributed by atoms with van der Waals surface area (Å²) in [7, 11) is -1.51. The molecule has 0 aromatic heterocycles. The van der Waals surface area contributed by atoms with Crippen molar-refractivity contribution in [2.45, 2.75) is 44.2 Å². The van der Waals surface area contributed by atoms with Crippen molar-refractivity contribution in [2.75, 3.05) is 13.6 Å². The molecule has 1 aromatic carbocycles. The molecule has 0 spiro atoms. The van der Waals surface area contributed by atoms with E-state index in [-0.39, 0.29) is 12.1 Å². The molecule has 1 heterocycles. The van der Waals surface area contributed by atoms with E-state index in [0.717, 1.165) is 12.0 Å². The molecule has 1 N–H and O–H groups in total. The van der Waals surface area contributed by atoms with Gasteiger partial charge in [-0.15, -0.1) is 0 Å². The number of hydrogen-bond donors (Lipinski definition) is 1. The third-order valence-corrected chi connectivity index (χ3v) is 6.10. The maximum Gasteiger partial charge on any atom is 0.243 e. The summed E-state index contributed by atoms with van der Waals surface area (Å²) in [5.74, 6) is 0.430. The molecule has 5 heteroatoms. The fraction of sp³-hybridized carbons (Fsp3) is 0.600. The second-order valence-electron chi connectivity index (χ2n) is 5.85. The average molecular weight is 296 g/mol. The first-order valence-corrected chi connectivity index (χ1v) is 8.59. The van der Waals surface area contributed by atoms with E-state index in [1.807, 2.05) is 33.0 Å². The van der Waals surface area contributed by atoms with Gasteiger partial charge in [0.25, 0.3) is 0 Å². The monoisotopic (exact) mass is 296 g/mol. The molecule has 1 aliphatic rings. The first-order valence-electron chi connectivity index (χ1n) is 7.15. The summed E-state index contributed by atoms with van der Waals surface area (Å²) in [6.07, 6.45) is 0.936. The van der Waals surface area contributed by atoms with E-state index in [0.29, 0.717) is 17.4 Å². The van der Waals surface area contributed by atoms with Crippen molar-refractivity contribution < 1.29 is 8.42 Å². The van der Waals surface area contributed by atoms with Gasteiger partial charge in [-0.1, -0.05) is 19.1 Å². The van der Waals surface area contributed by atoms with Gasteiger partial charge in [-0.3, -0.25) is 0 Å². The molecule has 112 valence electrons. The smallest absolute Gasteiger partial charge is 0.243 e. The van der Waals surface area contributed by atoms with Crippen LogP contribution in [-0.4, -0.2) is 32.4 Å². The Bertz CT molecular complexity index is 571. The Kier molecular flexibility index (Phi) is 4.52. The highest BCUT2D eigenvalue weighted by Gasteiger charge is 2.36. The topological polar surface area (TPSA) is 49.4 Å². The van der Waals surface area contributed by atoms with Crippen LogP contribution in [0.1, 0.15) is 38.8 Å². The molecule has 2 rings (SSSR count). The van der Waals surface area contributed by atoms with Gasteiger partial charge in [0, 0.05) is 18.6 Å². The maximum atomic E-state index is 12.8. The SMILES string of the molecule is CNC(C)c1cccc(S(=O)(=O)N2CC(C)CC2C)c1. The molecule has 0 bridgehead atoms. The molecular weight excluding hydrogens is 272 g/mol. The van der Waals surface area contributed by atoms with E-state index in [1.165, 1.54) is 0 Å². The highest BCUT2D eigenvalue weighted by molar-refractivity contribution is 7.89. The highest BCUT2D eigenvalue weighted by atomic mass is 32.2. The van der Waals surface area contributed by atoms with Gasteiger partial charge in [0.15, 0.2) is 0 Å². The van der Waals surface area contributed by atoms with E-state index in [2.05, 4.69) is 12.2 Å². The largest absolute Gasteiger partial charge is 0.313 e. The minimum atomic E-state index is -3.38. The first-order chi connectivity index (χ1) is 9.36. The van der Waals surface area contributed by atoms with E-state index in [1.54, 1.807) is 16.4 Å². The fourth-order valence-electron chi connectivity index (χ4n) is 2.84. The standard InChI is InChI=1S/C15H24N2O2S/c1-11-8-12(2)17(10-11)20(18,19)15-7-5-6-14(9-15)13(3)16-4/h5-7,9,11-13,16H,8,10H2,1-4H3. The summed E-state index contributed by atoms with van der Waals surface area (Å²) in [5, 5.41) is 3.14. The van der Waals surface area contributed by atoms with Crippen LogP contribution in [0.5, 0.6) is 0 Å². The number of hydrogen-bond acceptors (Lipinski definition) is 3. The van der Waals surface area contributed by atoms with Crippen molar-refractivity contribution in [3.63, 3.8) is 0 Å². The van der Waals surface area contributed by atoms with Crippen LogP contribution in [-0.2, 0) is 10.0 Å². The lowest BCUT2D eigenvalue weighted by Gasteiger charge is -2.22. The molecule has 3 atom stereocenters. The maximum absolute atomic E-state index is 12.8. The predicted octanol–water partition coefficient (Wildman–Crippen LogP) is 2.39. The minimum Gasteiger partial charge on any atom is -0.313 e. The zero-order valence-corrected chi connectivity index (χ0v) is 13.4. The molecule has 4 nitrogen and oxygen atoms in total. The third-order valence-electron chi connectivity index (χ3n) is 4.12. The summed E-state index contributed by atoms with van der Waals surface area (Å²) in [5.41, 5.74) is 0.994. The van der Waals surface area contributed by atoms with Crippen molar-refractivity contribution in [3.8, 4) is 0 Å². The molecule has 20 heavy (non-hydrogen) atoms. The van der Waals surface area contributed by atoms with Gasteiger partial charge < -0.3 is 5.32 Å². The second kappa shape index (κ2) is 5.84. The average Bonchev–Trinajstić information content (AvgIpc) is 2.77. The molecule has 0 radical (unpaired) electrons. The van der Waals surface area contributed by atoms with Crippen molar-refractivity contribution in [2.24, 2.45) is 5.92 Å². The van der Waals surface area contributed by atoms with Crippen molar-refractivity contribution >= 4 is 10.0 Å².